The van der Waals surface area contributed by atoms with Crippen LogP contribution < -0.4 is 0 Å². The number of aromatic nitrogens is 1. The van der Waals surface area contributed by atoms with E-state index in [0.717, 1.165) is 18.7 Å². The highest BCUT2D eigenvalue weighted by atomic mass is 16.4. The fourth-order valence-corrected chi connectivity index (χ4v) is 4.67. The minimum Gasteiger partial charge on any atom is -0.478 e. The first kappa shape index (κ1) is 16.9. The smallest absolute Gasteiger partial charge is 0.335 e. The van der Waals surface area contributed by atoms with Gasteiger partial charge in [-0.05, 0) is 29.3 Å². The SMILES string of the molecule is CN1CC2CN(Cc3c2c2ccccc2n3Cc2ccc(C(=O)O)cc2)C1=O. The minimum absolute atomic E-state index is 0.0875. The highest BCUT2D eigenvalue weighted by Crippen LogP contribution is 2.40. The maximum absolute atomic E-state index is 12.5. The van der Waals surface area contributed by atoms with Gasteiger partial charge in [-0.25, -0.2) is 9.59 Å². The van der Waals surface area contributed by atoms with Gasteiger partial charge in [0.25, 0.3) is 0 Å². The molecule has 6 nitrogen and oxygen atoms in total. The van der Waals surface area contributed by atoms with Crippen molar-refractivity contribution in [3.63, 3.8) is 0 Å². The fourth-order valence-electron chi connectivity index (χ4n) is 4.67. The third kappa shape index (κ3) is 2.48. The van der Waals surface area contributed by atoms with Crippen molar-refractivity contribution in [2.75, 3.05) is 20.1 Å². The van der Waals surface area contributed by atoms with Crippen LogP contribution in [0.2, 0.25) is 0 Å². The van der Waals surface area contributed by atoms with Gasteiger partial charge in [-0.15, -0.1) is 0 Å². The highest BCUT2D eigenvalue weighted by Gasteiger charge is 2.38. The van der Waals surface area contributed by atoms with Gasteiger partial charge >= 0.3 is 12.0 Å². The van der Waals surface area contributed by atoms with Crippen LogP contribution in [-0.2, 0) is 13.1 Å². The third-order valence-corrected chi connectivity index (χ3v) is 5.94. The van der Waals surface area contributed by atoms with Crippen LogP contribution in [-0.4, -0.2) is 51.6 Å². The minimum atomic E-state index is -0.918. The van der Waals surface area contributed by atoms with Crippen molar-refractivity contribution in [3.8, 4) is 0 Å². The Morgan fingerprint density at radius 3 is 2.61 bits per heavy atom. The first-order chi connectivity index (χ1) is 13.5. The molecule has 1 aromatic heterocycles. The monoisotopic (exact) mass is 375 g/mol. The second kappa shape index (κ2) is 6.12. The van der Waals surface area contributed by atoms with E-state index < -0.39 is 5.97 Å². The molecule has 142 valence electrons. The third-order valence-electron chi connectivity index (χ3n) is 5.94. The van der Waals surface area contributed by atoms with Gasteiger partial charge in [0.15, 0.2) is 0 Å². The van der Waals surface area contributed by atoms with Crippen LogP contribution in [0.15, 0.2) is 48.5 Å². The van der Waals surface area contributed by atoms with Crippen molar-refractivity contribution in [3.05, 3.63) is 70.9 Å². The van der Waals surface area contributed by atoms with E-state index in [4.69, 9.17) is 5.11 Å². The number of urea groups is 1. The Morgan fingerprint density at radius 2 is 1.86 bits per heavy atom. The lowest BCUT2D eigenvalue weighted by molar-refractivity contribution is 0.0697. The topological polar surface area (TPSA) is 65.8 Å². The molecule has 5 rings (SSSR count). The Balaban J connectivity index is 1.62. The summed E-state index contributed by atoms with van der Waals surface area (Å²) in [6.07, 6.45) is 0. The molecule has 0 aliphatic carbocycles. The standard InChI is InChI=1S/C22H21N3O3/c1-23-11-16-12-24(22(23)28)13-19-20(16)17-4-2-3-5-18(17)25(19)10-14-6-8-15(9-7-14)21(26)27/h2-9,16H,10-13H2,1H3,(H,26,27). The van der Waals surface area contributed by atoms with E-state index in [1.165, 1.54) is 22.2 Å². The molecule has 1 N–H and O–H groups in total. The molecule has 2 aromatic carbocycles. The Morgan fingerprint density at radius 1 is 1.11 bits per heavy atom. The van der Waals surface area contributed by atoms with E-state index in [0.29, 0.717) is 19.0 Å². The maximum atomic E-state index is 12.5. The molecular formula is C22H21N3O3. The molecule has 6 heteroatoms. The molecule has 1 fully saturated rings. The number of benzene rings is 2. The highest BCUT2D eigenvalue weighted by molar-refractivity contribution is 5.88. The number of carboxylic acids is 1. The zero-order chi connectivity index (χ0) is 19.4. The van der Waals surface area contributed by atoms with E-state index in [-0.39, 0.29) is 11.6 Å². The van der Waals surface area contributed by atoms with Gasteiger partial charge in [0.1, 0.15) is 0 Å². The van der Waals surface area contributed by atoms with Gasteiger partial charge in [-0.1, -0.05) is 30.3 Å². The molecule has 3 aromatic rings. The predicted molar refractivity (Wildman–Crippen MR) is 106 cm³/mol. The summed E-state index contributed by atoms with van der Waals surface area (Å²) >= 11 is 0. The number of fused-ring (bicyclic) bond motifs is 6. The lowest BCUT2D eigenvalue weighted by atomic mass is 9.90. The van der Waals surface area contributed by atoms with Crippen molar-refractivity contribution in [2.45, 2.75) is 19.0 Å². The number of carboxylic acid groups (broad SMARTS) is 1. The summed E-state index contributed by atoms with van der Waals surface area (Å²) in [5.74, 6) is -0.606. The maximum Gasteiger partial charge on any atom is 0.335 e. The average molecular weight is 375 g/mol. The number of para-hydroxylation sites is 1. The van der Waals surface area contributed by atoms with Gasteiger partial charge in [-0.3, -0.25) is 0 Å². The molecule has 1 atom stereocenters. The number of hydrogen-bond donors (Lipinski definition) is 1. The largest absolute Gasteiger partial charge is 0.478 e. The first-order valence-electron chi connectivity index (χ1n) is 9.45. The fraction of sp³-hybridized carbons (Fsp3) is 0.273. The van der Waals surface area contributed by atoms with Crippen molar-refractivity contribution in [1.29, 1.82) is 0 Å². The molecular weight excluding hydrogens is 354 g/mol. The molecule has 3 heterocycles. The van der Waals surface area contributed by atoms with Crippen LogP contribution in [0.3, 0.4) is 0 Å². The van der Waals surface area contributed by atoms with Gasteiger partial charge < -0.3 is 19.5 Å². The molecule has 0 saturated carbocycles. The van der Waals surface area contributed by atoms with E-state index >= 15 is 0 Å². The van der Waals surface area contributed by atoms with Crippen LogP contribution in [0.25, 0.3) is 10.9 Å². The number of amides is 2. The molecule has 2 amide bonds. The number of rotatable bonds is 3. The molecule has 2 bridgehead atoms. The van der Waals surface area contributed by atoms with Crippen LogP contribution in [0.5, 0.6) is 0 Å². The lowest BCUT2D eigenvalue weighted by Gasteiger charge is -2.42. The number of aromatic carboxylic acids is 1. The summed E-state index contributed by atoms with van der Waals surface area (Å²) in [5.41, 5.74) is 5.05. The second-order valence-electron chi connectivity index (χ2n) is 7.71. The van der Waals surface area contributed by atoms with E-state index in [2.05, 4.69) is 22.8 Å². The van der Waals surface area contributed by atoms with E-state index in [1.807, 2.05) is 35.0 Å². The average Bonchev–Trinajstić information content (AvgIpc) is 3.01. The second-order valence-corrected chi connectivity index (χ2v) is 7.71. The summed E-state index contributed by atoms with van der Waals surface area (Å²) in [6.45, 7) is 2.78. The molecule has 0 spiro atoms. The number of nitrogens with zero attached hydrogens (tertiary/aromatic N) is 3. The number of likely N-dealkylation sites (N-methyl/N-ethyl adjacent to an activating group) is 1. The van der Waals surface area contributed by atoms with Crippen molar-refractivity contribution >= 4 is 22.9 Å². The Kier molecular flexibility index (Phi) is 3.69. The molecule has 2 aliphatic heterocycles. The molecule has 1 saturated heterocycles. The summed E-state index contributed by atoms with van der Waals surface area (Å²) in [7, 11) is 1.87. The predicted octanol–water partition coefficient (Wildman–Crippen LogP) is 3.35. The summed E-state index contributed by atoms with van der Waals surface area (Å²) in [5, 5.41) is 10.4. The summed E-state index contributed by atoms with van der Waals surface area (Å²) in [6, 6.07) is 15.5. The number of carbonyl (C=O) groups is 2. The molecule has 28 heavy (non-hydrogen) atoms. The van der Waals surface area contributed by atoms with E-state index in [9.17, 15) is 9.59 Å². The Labute approximate surface area is 162 Å². The summed E-state index contributed by atoms with van der Waals surface area (Å²) < 4.78 is 2.29. The quantitative estimate of drug-likeness (QED) is 0.763. The zero-order valence-electron chi connectivity index (χ0n) is 15.6. The van der Waals surface area contributed by atoms with Crippen LogP contribution >= 0.6 is 0 Å². The normalized spacial score (nSPS) is 18.5. The van der Waals surface area contributed by atoms with Gasteiger partial charge in [-0.2, -0.15) is 0 Å². The van der Waals surface area contributed by atoms with Crippen LogP contribution in [0.1, 0.15) is 33.1 Å². The number of hydrogen-bond acceptors (Lipinski definition) is 2. The molecule has 2 aliphatic rings. The van der Waals surface area contributed by atoms with Gasteiger partial charge in [0.05, 0.1) is 12.1 Å². The Hall–Kier alpha value is -3.28. The first-order valence-corrected chi connectivity index (χ1v) is 9.45. The van der Waals surface area contributed by atoms with Crippen molar-refractivity contribution in [1.82, 2.24) is 14.4 Å². The summed E-state index contributed by atoms with van der Waals surface area (Å²) in [4.78, 5) is 27.4. The van der Waals surface area contributed by atoms with Crippen LogP contribution in [0.4, 0.5) is 4.79 Å². The van der Waals surface area contributed by atoms with Gasteiger partial charge in [0.2, 0.25) is 0 Å². The van der Waals surface area contributed by atoms with E-state index in [1.54, 1.807) is 12.1 Å². The van der Waals surface area contributed by atoms with Crippen molar-refractivity contribution in [2.24, 2.45) is 0 Å². The van der Waals surface area contributed by atoms with Gasteiger partial charge in [0, 0.05) is 49.2 Å². The van der Waals surface area contributed by atoms with Crippen molar-refractivity contribution < 1.29 is 14.7 Å². The number of carbonyl (C=O) groups excluding carboxylic acids is 1. The Bertz CT molecular complexity index is 1100. The lowest BCUT2D eigenvalue weighted by Crippen LogP contribution is -2.53. The zero-order valence-corrected chi connectivity index (χ0v) is 15.6. The molecule has 0 radical (unpaired) electrons. The molecule has 1 unspecified atom stereocenters. The van der Waals surface area contributed by atoms with Crippen LogP contribution in [0, 0.1) is 0 Å².